The number of halogens is 2. The molecule has 128 valence electrons. The average Bonchev–Trinajstić information content (AvgIpc) is 2.87. The van der Waals surface area contributed by atoms with E-state index in [4.69, 9.17) is 0 Å². The zero-order valence-electron chi connectivity index (χ0n) is 14.0. The highest BCUT2D eigenvalue weighted by Crippen LogP contribution is 2.33. The van der Waals surface area contributed by atoms with E-state index >= 15 is 0 Å². The van der Waals surface area contributed by atoms with Crippen molar-refractivity contribution in [1.29, 1.82) is 0 Å². The Morgan fingerprint density at radius 3 is 2.54 bits per heavy atom. The second kappa shape index (κ2) is 8.04. The Bertz CT molecular complexity index is 809. The average molecular weight is 363 g/mol. The highest BCUT2D eigenvalue weighted by atomic mass is 35.5. The van der Waals surface area contributed by atoms with Gasteiger partial charge in [0.25, 0.3) is 0 Å². The fourth-order valence-corrected chi connectivity index (χ4v) is 3.80. The molecular formula is C20H24Cl2N2. The number of pyridine rings is 1. The van der Waals surface area contributed by atoms with Crippen LogP contribution in [0.4, 0.5) is 0 Å². The summed E-state index contributed by atoms with van der Waals surface area (Å²) in [5.41, 5.74) is 7.35. The molecule has 0 saturated heterocycles. The molecule has 0 spiro atoms. The van der Waals surface area contributed by atoms with Gasteiger partial charge >= 0.3 is 0 Å². The molecule has 0 aliphatic heterocycles. The van der Waals surface area contributed by atoms with Crippen molar-refractivity contribution in [3.63, 3.8) is 0 Å². The Kier molecular flexibility index (Phi) is 6.31. The van der Waals surface area contributed by atoms with Crippen molar-refractivity contribution >= 4 is 35.7 Å². The van der Waals surface area contributed by atoms with Gasteiger partial charge in [0, 0.05) is 35.5 Å². The Hall–Kier alpha value is -1.51. The maximum atomic E-state index is 4.11. The van der Waals surface area contributed by atoms with Gasteiger partial charge < -0.3 is 4.57 Å². The van der Waals surface area contributed by atoms with Crippen LogP contribution in [0.15, 0.2) is 42.7 Å². The molecular weight excluding hydrogens is 339 g/mol. The monoisotopic (exact) mass is 362 g/mol. The molecule has 0 saturated carbocycles. The highest BCUT2D eigenvalue weighted by Gasteiger charge is 2.19. The molecule has 3 aromatic rings. The van der Waals surface area contributed by atoms with Crippen molar-refractivity contribution in [1.82, 2.24) is 9.55 Å². The largest absolute Gasteiger partial charge is 0.344 e. The first-order valence-electron chi connectivity index (χ1n) is 8.32. The van der Waals surface area contributed by atoms with Crippen LogP contribution in [0.5, 0.6) is 0 Å². The molecule has 0 radical (unpaired) electrons. The van der Waals surface area contributed by atoms with Crippen LogP contribution >= 0.6 is 24.8 Å². The molecule has 0 amide bonds. The van der Waals surface area contributed by atoms with Gasteiger partial charge in [0.2, 0.25) is 0 Å². The normalized spacial score (nSPS) is 13.0. The van der Waals surface area contributed by atoms with Gasteiger partial charge in [0.1, 0.15) is 0 Å². The number of benzene rings is 1. The molecule has 0 unspecified atom stereocenters. The van der Waals surface area contributed by atoms with Crippen LogP contribution in [-0.4, -0.2) is 9.55 Å². The van der Waals surface area contributed by atoms with E-state index in [-0.39, 0.29) is 24.8 Å². The molecule has 4 rings (SSSR count). The first-order chi connectivity index (χ1) is 10.8. The van der Waals surface area contributed by atoms with Crippen molar-refractivity contribution in [2.24, 2.45) is 0 Å². The first-order valence-corrected chi connectivity index (χ1v) is 8.32. The van der Waals surface area contributed by atoms with E-state index in [1.807, 2.05) is 12.4 Å². The van der Waals surface area contributed by atoms with Crippen LogP contribution in [0, 0.1) is 6.92 Å². The van der Waals surface area contributed by atoms with Gasteiger partial charge in [0.15, 0.2) is 0 Å². The number of hydrogen-bond donors (Lipinski definition) is 0. The minimum atomic E-state index is 0. The Morgan fingerprint density at radius 2 is 1.75 bits per heavy atom. The molecule has 0 atom stereocenters. The SMILES string of the molecule is Cc1ccc2c(c1)c1c(n2CCc2ccncc2)CCCC1.Cl.Cl. The quantitative estimate of drug-likeness (QED) is 0.617. The Morgan fingerprint density at radius 1 is 1.00 bits per heavy atom. The van der Waals surface area contributed by atoms with Gasteiger partial charge in [-0.15, -0.1) is 24.8 Å². The number of nitrogens with zero attached hydrogens (tertiary/aromatic N) is 2. The van der Waals surface area contributed by atoms with Crippen molar-refractivity contribution in [3.05, 3.63) is 65.1 Å². The third kappa shape index (κ3) is 3.45. The lowest BCUT2D eigenvalue weighted by Gasteiger charge is -2.16. The van der Waals surface area contributed by atoms with E-state index in [1.54, 1.807) is 11.3 Å². The minimum absolute atomic E-state index is 0. The van der Waals surface area contributed by atoms with E-state index in [0.717, 1.165) is 13.0 Å². The van der Waals surface area contributed by atoms with Crippen LogP contribution < -0.4 is 0 Å². The number of hydrogen-bond acceptors (Lipinski definition) is 1. The summed E-state index contributed by atoms with van der Waals surface area (Å²) in [5.74, 6) is 0. The fourth-order valence-electron chi connectivity index (χ4n) is 3.80. The number of rotatable bonds is 3. The molecule has 4 heteroatoms. The molecule has 2 aromatic heterocycles. The topological polar surface area (TPSA) is 17.8 Å². The molecule has 0 N–H and O–H groups in total. The zero-order chi connectivity index (χ0) is 14.9. The van der Waals surface area contributed by atoms with Crippen molar-refractivity contribution in [2.45, 2.75) is 45.6 Å². The summed E-state index contributed by atoms with van der Waals surface area (Å²) in [6.45, 7) is 3.27. The third-order valence-electron chi connectivity index (χ3n) is 4.91. The van der Waals surface area contributed by atoms with Crippen LogP contribution in [0.1, 0.15) is 35.2 Å². The lowest BCUT2D eigenvalue weighted by Crippen LogP contribution is -2.10. The standard InChI is InChI=1S/C20H22N2.2ClH/c1-15-6-7-20-18(14-15)17-4-2-3-5-19(17)22(20)13-10-16-8-11-21-12-9-16;;/h6-9,11-12,14H,2-5,10,13H2,1H3;2*1H. The third-order valence-corrected chi connectivity index (χ3v) is 4.91. The summed E-state index contributed by atoms with van der Waals surface area (Å²) < 4.78 is 2.57. The van der Waals surface area contributed by atoms with E-state index in [9.17, 15) is 0 Å². The summed E-state index contributed by atoms with van der Waals surface area (Å²) in [5, 5.41) is 1.49. The van der Waals surface area contributed by atoms with Gasteiger partial charge in [-0.1, -0.05) is 11.6 Å². The van der Waals surface area contributed by atoms with Gasteiger partial charge in [-0.05, 0) is 74.4 Å². The summed E-state index contributed by atoms with van der Waals surface area (Å²) >= 11 is 0. The van der Waals surface area contributed by atoms with Gasteiger partial charge in [-0.3, -0.25) is 4.98 Å². The molecule has 2 nitrogen and oxygen atoms in total. The second-order valence-electron chi connectivity index (χ2n) is 6.41. The van der Waals surface area contributed by atoms with Crippen LogP contribution in [0.25, 0.3) is 10.9 Å². The van der Waals surface area contributed by atoms with Crippen molar-refractivity contribution < 1.29 is 0 Å². The van der Waals surface area contributed by atoms with Gasteiger partial charge in [-0.25, -0.2) is 0 Å². The molecule has 0 bridgehead atoms. The minimum Gasteiger partial charge on any atom is -0.344 e. The molecule has 1 aromatic carbocycles. The molecule has 0 fully saturated rings. The predicted molar refractivity (Wildman–Crippen MR) is 106 cm³/mol. The number of aryl methyl sites for hydroxylation is 4. The van der Waals surface area contributed by atoms with E-state index < -0.39 is 0 Å². The maximum absolute atomic E-state index is 4.11. The van der Waals surface area contributed by atoms with Crippen LogP contribution in [-0.2, 0) is 25.8 Å². The highest BCUT2D eigenvalue weighted by molar-refractivity contribution is 5.86. The molecule has 1 aliphatic rings. The smallest absolute Gasteiger partial charge is 0.0485 e. The predicted octanol–water partition coefficient (Wildman–Crippen LogP) is 5.31. The fraction of sp³-hybridized carbons (Fsp3) is 0.350. The van der Waals surface area contributed by atoms with Crippen molar-refractivity contribution in [3.8, 4) is 0 Å². The van der Waals surface area contributed by atoms with E-state index in [0.29, 0.717) is 0 Å². The van der Waals surface area contributed by atoms with Crippen LogP contribution in [0.3, 0.4) is 0 Å². The summed E-state index contributed by atoms with van der Waals surface area (Å²) in [4.78, 5) is 4.11. The lowest BCUT2D eigenvalue weighted by atomic mass is 9.95. The molecule has 24 heavy (non-hydrogen) atoms. The summed E-state index contributed by atoms with van der Waals surface area (Å²) in [7, 11) is 0. The zero-order valence-corrected chi connectivity index (χ0v) is 15.6. The van der Waals surface area contributed by atoms with E-state index in [1.165, 1.54) is 47.7 Å². The van der Waals surface area contributed by atoms with Crippen molar-refractivity contribution in [2.75, 3.05) is 0 Å². The summed E-state index contributed by atoms with van der Waals surface area (Å²) in [6.07, 6.45) is 10.0. The van der Waals surface area contributed by atoms with Crippen LogP contribution in [0.2, 0.25) is 0 Å². The molecule has 2 heterocycles. The maximum Gasteiger partial charge on any atom is 0.0485 e. The second-order valence-corrected chi connectivity index (χ2v) is 6.41. The Balaban J connectivity index is 0.00000104. The van der Waals surface area contributed by atoms with Gasteiger partial charge in [-0.2, -0.15) is 0 Å². The molecule has 1 aliphatic carbocycles. The number of fused-ring (bicyclic) bond motifs is 3. The van der Waals surface area contributed by atoms with Gasteiger partial charge in [0.05, 0.1) is 0 Å². The van der Waals surface area contributed by atoms with E-state index in [2.05, 4.69) is 46.8 Å². The number of aromatic nitrogens is 2. The summed E-state index contributed by atoms with van der Waals surface area (Å²) in [6, 6.07) is 11.2. The lowest BCUT2D eigenvalue weighted by molar-refractivity contribution is 0.612. The first kappa shape index (κ1) is 18.8. The Labute approximate surface area is 156 Å².